The van der Waals surface area contributed by atoms with Crippen LogP contribution in [0.4, 0.5) is 5.69 Å². The lowest BCUT2D eigenvalue weighted by Crippen LogP contribution is -2.14. The van der Waals surface area contributed by atoms with Crippen LogP contribution < -0.4 is 10.1 Å². The maximum atomic E-state index is 12.3. The van der Waals surface area contributed by atoms with E-state index < -0.39 is 0 Å². The number of carbonyl (C=O) groups is 1. The summed E-state index contributed by atoms with van der Waals surface area (Å²) in [5.74, 6) is 1.54. The van der Waals surface area contributed by atoms with Crippen molar-refractivity contribution in [2.45, 2.75) is 6.42 Å². The number of hydrogen-bond donors (Lipinski definition) is 1. The van der Waals surface area contributed by atoms with Gasteiger partial charge in [0.1, 0.15) is 5.75 Å². The molecule has 0 aliphatic heterocycles. The average Bonchev–Trinajstić information content (AvgIpc) is 3.25. The van der Waals surface area contributed by atoms with Crippen molar-refractivity contribution in [2.75, 3.05) is 12.4 Å². The molecular weight excluding hydrogens is 402 g/mol. The molecule has 1 amide bonds. The second-order valence-corrected chi connectivity index (χ2v) is 7.02. The van der Waals surface area contributed by atoms with Crippen LogP contribution in [0.1, 0.15) is 5.56 Å². The van der Waals surface area contributed by atoms with Crippen LogP contribution in [-0.4, -0.2) is 23.2 Å². The molecular formula is C23H18ClN3O3. The quantitative estimate of drug-likeness (QED) is 0.462. The molecule has 1 heterocycles. The van der Waals surface area contributed by atoms with E-state index in [2.05, 4.69) is 15.5 Å². The van der Waals surface area contributed by atoms with Gasteiger partial charge in [-0.25, -0.2) is 0 Å². The summed E-state index contributed by atoms with van der Waals surface area (Å²) in [6.07, 6.45) is 0.278. The van der Waals surface area contributed by atoms with Gasteiger partial charge in [0.05, 0.1) is 13.5 Å². The monoisotopic (exact) mass is 419 g/mol. The molecule has 7 heteroatoms. The fraction of sp³-hybridized carbons (Fsp3) is 0.0870. The van der Waals surface area contributed by atoms with E-state index in [-0.39, 0.29) is 12.3 Å². The predicted octanol–water partition coefficient (Wildman–Crippen LogP) is 5.25. The third-order valence-corrected chi connectivity index (χ3v) is 4.72. The highest BCUT2D eigenvalue weighted by atomic mass is 35.5. The molecule has 30 heavy (non-hydrogen) atoms. The Hall–Kier alpha value is -3.64. The lowest BCUT2D eigenvalue weighted by atomic mass is 10.1. The SMILES string of the molecule is COc1ccc(CC(=O)Nc2ccc(-c3nc(-c4ccc(Cl)cc4)no3)cc2)cc1. The van der Waals surface area contributed by atoms with Crippen LogP contribution in [0.15, 0.2) is 77.3 Å². The fourth-order valence-corrected chi connectivity index (χ4v) is 3.01. The summed E-state index contributed by atoms with van der Waals surface area (Å²) in [6.45, 7) is 0. The van der Waals surface area contributed by atoms with Gasteiger partial charge in [0.25, 0.3) is 5.89 Å². The van der Waals surface area contributed by atoms with Crippen LogP contribution in [0, 0.1) is 0 Å². The lowest BCUT2D eigenvalue weighted by molar-refractivity contribution is -0.115. The maximum Gasteiger partial charge on any atom is 0.258 e. The number of benzene rings is 3. The molecule has 0 atom stereocenters. The first-order chi connectivity index (χ1) is 14.6. The van der Waals surface area contributed by atoms with Gasteiger partial charge >= 0.3 is 0 Å². The zero-order valence-corrected chi connectivity index (χ0v) is 16.9. The van der Waals surface area contributed by atoms with Gasteiger partial charge in [0.15, 0.2) is 0 Å². The van der Waals surface area contributed by atoms with Crippen LogP contribution >= 0.6 is 11.6 Å². The highest BCUT2D eigenvalue weighted by Gasteiger charge is 2.11. The highest BCUT2D eigenvalue weighted by molar-refractivity contribution is 6.30. The van der Waals surface area contributed by atoms with Gasteiger partial charge < -0.3 is 14.6 Å². The Labute approximate surface area is 178 Å². The van der Waals surface area contributed by atoms with E-state index in [0.29, 0.717) is 22.4 Å². The summed E-state index contributed by atoms with van der Waals surface area (Å²) >= 11 is 5.91. The van der Waals surface area contributed by atoms with E-state index in [4.69, 9.17) is 20.9 Å². The minimum absolute atomic E-state index is 0.101. The zero-order valence-electron chi connectivity index (χ0n) is 16.1. The van der Waals surface area contributed by atoms with Gasteiger partial charge in [-0.15, -0.1) is 0 Å². The molecule has 1 N–H and O–H groups in total. The summed E-state index contributed by atoms with van der Waals surface area (Å²) in [7, 11) is 1.61. The molecule has 0 saturated carbocycles. The molecule has 6 nitrogen and oxygen atoms in total. The Balaban J connectivity index is 1.40. The number of amides is 1. The molecule has 0 radical (unpaired) electrons. The Morgan fingerprint density at radius 3 is 2.30 bits per heavy atom. The topological polar surface area (TPSA) is 77.2 Å². The van der Waals surface area contributed by atoms with E-state index in [1.807, 2.05) is 48.5 Å². The van der Waals surface area contributed by atoms with Crippen molar-refractivity contribution in [1.29, 1.82) is 0 Å². The molecule has 0 saturated heterocycles. The van der Waals surface area contributed by atoms with Crippen molar-refractivity contribution < 1.29 is 14.1 Å². The summed E-state index contributed by atoms with van der Waals surface area (Å²) in [4.78, 5) is 16.7. The molecule has 0 unspecified atom stereocenters. The summed E-state index contributed by atoms with van der Waals surface area (Å²) in [5, 5.41) is 7.54. The number of hydrogen-bond acceptors (Lipinski definition) is 5. The molecule has 150 valence electrons. The molecule has 0 aliphatic carbocycles. The molecule has 0 fully saturated rings. The van der Waals surface area contributed by atoms with Gasteiger partial charge in [0, 0.05) is 21.8 Å². The molecule has 3 aromatic carbocycles. The molecule has 0 bridgehead atoms. The van der Waals surface area contributed by atoms with E-state index in [9.17, 15) is 4.79 Å². The minimum atomic E-state index is -0.101. The first kappa shape index (κ1) is 19.7. The van der Waals surface area contributed by atoms with Gasteiger partial charge in [-0.2, -0.15) is 4.98 Å². The van der Waals surface area contributed by atoms with Gasteiger partial charge in [0.2, 0.25) is 11.7 Å². The van der Waals surface area contributed by atoms with Crippen LogP contribution in [0.2, 0.25) is 5.02 Å². The maximum absolute atomic E-state index is 12.3. The number of halogens is 1. The molecule has 0 spiro atoms. The number of ether oxygens (including phenoxy) is 1. The number of rotatable bonds is 6. The second kappa shape index (κ2) is 8.80. The van der Waals surface area contributed by atoms with Gasteiger partial charge in [-0.3, -0.25) is 4.79 Å². The van der Waals surface area contributed by atoms with Crippen molar-refractivity contribution >= 4 is 23.2 Å². The third kappa shape index (κ3) is 4.67. The number of anilines is 1. The van der Waals surface area contributed by atoms with Crippen LogP contribution in [-0.2, 0) is 11.2 Å². The van der Waals surface area contributed by atoms with E-state index in [1.165, 1.54) is 0 Å². The zero-order chi connectivity index (χ0) is 20.9. The molecule has 4 rings (SSSR count). The Kier molecular flexibility index (Phi) is 5.77. The van der Waals surface area contributed by atoms with Gasteiger partial charge in [-0.05, 0) is 66.2 Å². The van der Waals surface area contributed by atoms with Crippen molar-refractivity contribution in [2.24, 2.45) is 0 Å². The highest BCUT2D eigenvalue weighted by Crippen LogP contribution is 2.24. The number of aromatic nitrogens is 2. The first-order valence-corrected chi connectivity index (χ1v) is 9.61. The summed E-state index contributed by atoms with van der Waals surface area (Å²) in [6, 6.07) is 21.9. The van der Waals surface area contributed by atoms with Crippen molar-refractivity contribution in [3.8, 4) is 28.6 Å². The van der Waals surface area contributed by atoms with Crippen LogP contribution in [0.25, 0.3) is 22.8 Å². The summed E-state index contributed by atoms with van der Waals surface area (Å²) in [5.41, 5.74) is 3.17. The van der Waals surface area contributed by atoms with Crippen molar-refractivity contribution in [1.82, 2.24) is 10.1 Å². The standard InChI is InChI=1S/C23H18ClN3O3/c1-29-20-12-2-15(3-13-20)14-21(28)25-19-10-6-17(7-11-19)23-26-22(27-30-23)16-4-8-18(24)9-5-16/h2-13H,14H2,1H3,(H,25,28). The minimum Gasteiger partial charge on any atom is -0.497 e. The predicted molar refractivity (Wildman–Crippen MR) is 116 cm³/mol. The Bertz CT molecular complexity index is 1140. The second-order valence-electron chi connectivity index (χ2n) is 6.58. The van der Waals surface area contributed by atoms with Crippen LogP contribution in [0.3, 0.4) is 0 Å². The van der Waals surface area contributed by atoms with Crippen LogP contribution in [0.5, 0.6) is 5.75 Å². The Morgan fingerprint density at radius 2 is 1.63 bits per heavy atom. The number of nitrogens with one attached hydrogen (secondary N) is 1. The number of carbonyl (C=O) groups excluding carboxylic acids is 1. The number of nitrogens with zero attached hydrogens (tertiary/aromatic N) is 2. The van der Waals surface area contributed by atoms with Crippen molar-refractivity contribution in [3.63, 3.8) is 0 Å². The lowest BCUT2D eigenvalue weighted by Gasteiger charge is -2.06. The summed E-state index contributed by atoms with van der Waals surface area (Å²) < 4.78 is 10.5. The third-order valence-electron chi connectivity index (χ3n) is 4.47. The molecule has 4 aromatic rings. The average molecular weight is 420 g/mol. The largest absolute Gasteiger partial charge is 0.497 e. The first-order valence-electron chi connectivity index (χ1n) is 9.23. The fourth-order valence-electron chi connectivity index (χ4n) is 2.89. The smallest absolute Gasteiger partial charge is 0.258 e. The Morgan fingerprint density at radius 1 is 0.967 bits per heavy atom. The van der Waals surface area contributed by atoms with E-state index in [0.717, 1.165) is 22.4 Å². The van der Waals surface area contributed by atoms with Gasteiger partial charge in [-0.1, -0.05) is 28.9 Å². The normalized spacial score (nSPS) is 10.6. The van der Waals surface area contributed by atoms with E-state index >= 15 is 0 Å². The van der Waals surface area contributed by atoms with Crippen molar-refractivity contribution in [3.05, 3.63) is 83.4 Å². The van der Waals surface area contributed by atoms with E-state index in [1.54, 1.807) is 31.4 Å². The number of methoxy groups -OCH3 is 1. The molecule has 0 aliphatic rings. The molecule has 1 aromatic heterocycles.